The average molecular weight is 336 g/mol. The monoisotopic (exact) mass is 336 g/mol. The van der Waals surface area contributed by atoms with Crippen molar-refractivity contribution in [2.45, 2.75) is 70.5 Å². The number of rotatable bonds is 12. The Hall–Kier alpha value is -1.15. The van der Waals surface area contributed by atoms with Crippen molar-refractivity contribution in [1.82, 2.24) is 0 Å². The predicted molar refractivity (Wildman–Crippen MR) is 76.1 cm³/mol. The Balaban J connectivity index is 5.75. The highest BCUT2D eigenvalue weighted by atomic mass is 32.2. The first-order chi connectivity index (χ1) is 10.1. The Morgan fingerprint density at radius 1 is 1.00 bits per heavy atom. The van der Waals surface area contributed by atoms with Gasteiger partial charge in [0.2, 0.25) is 0 Å². The summed E-state index contributed by atoms with van der Waals surface area (Å²) in [5.41, 5.74) is -2.17. The summed E-state index contributed by atoms with van der Waals surface area (Å²) in [6.07, 6.45) is 3.02. The summed E-state index contributed by atoms with van der Waals surface area (Å²) >= 11 is 0. The lowest BCUT2D eigenvalue weighted by Crippen LogP contribution is -2.59. The minimum atomic E-state index is -5.12. The van der Waals surface area contributed by atoms with Crippen LogP contribution in [0.5, 0.6) is 0 Å². The lowest BCUT2D eigenvalue weighted by atomic mass is 9.75. The first-order valence-electron chi connectivity index (χ1n) is 7.52. The molecule has 0 saturated carbocycles. The van der Waals surface area contributed by atoms with E-state index in [4.69, 9.17) is 0 Å². The van der Waals surface area contributed by atoms with E-state index in [1.807, 2.05) is 13.8 Å². The summed E-state index contributed by atoms with van der Waals surface area (Å²) in [5.74, 6) is -3.88. The van der Waals surface area contributed by atoms with Gasteiger partial charge in [-0.1, -0.05) is 52.4 Å². The second-order valence-electron chi connectivity index (χ2n) is 5.57. The third-order valence-electron chi connectivity index (χ3n) is 3.87. The van der Waals surface area contributed by atoms with Crippen molar-refractivity contribution in [2.75, 3.05) is 0 Å². The van der Waals surface area contributed by atoms with E-state index in [9.17, 15) is 32.8 Å². The second-order valence-corrected chi connectivity index (χ2v) is 7.07. The largest absolute Gasteiger partial charge is 0.549 e. The van der Waals surface area contributed by atoms with E-state index >= 15 is 0 Å². The molecule has 0 aliphatic carbocycles. The van der Waals surface area contributed by atoms with Crippen LogP contribution in [-0.4, -0.2) is 30.2 Å². The molecular weight excluding hydrogens is 312 g/mol. The molecule has 1 unspecified atom stereocenters. The van der Waals surface area contributed by atoms with E-state index in [0.29, 0.717) is 25.7 Å². The summed E-state index contributed by atoms with van der Waals surface area (Å²) in [4.78, 5) is 22.8. The number of carbonyl (C=O) groups excluding carboxylic acids is 2. The third kappa shape index (κ3) is 5.57. The highest BCUT2D eigenvalue weighted by molar-refractivity contribution is 7.87. The Morgan fingerprint density at radius 2 is 1.41 bits per heavy atom. The van der Waals surface area contributed by atoms with E-state index in [0.717, 1.165) is 12.8 Å². The van der Waals surface area contributed by atoms with Crippen molar-refractivity contribution in [1.29, 1.82) is 0 Å². The number of hydrogen-bond donors (Lipinski definition) is 1. The van der Waals surface area contributed by atoms with Gasteiger partial charge in [0.15, 0.2) is 0 Å². The van der Waals surface area contributed by atoms with Gasteiger partial charge >= 0.3 is 0 Å². The van der Waals surface area contributed by atoms with Crippen LogP contribution in [0.4, 0.5) is 0 Å². The topological polar surface area (TPSA) is 135 Å². The van der Waals surface area contributed by atoms with E-state index in [1.165, 1.54) is 0 Å². The maximum absolute atomic E-state index is 11.6. The molecule has 0 amide bonds. The van der Waals surface area contributed by atoms with Crippen LogP contribution in [0.2, 0.25) is 0 Å². The minimum absolute atomic E-state index is 0.189. The molecule has 8 heteroatoms. The zero-order valence-electron chi connectivity index (χ0n) is 13.0. The number of aliphatic carboxylic acids is 2. The van der Waals surface area contributed by atoms with Crippen LogP contribution in [0, 0.1) is 5.41 Å². The fourth-order valence-corrected chi connectivity index (χ4v) is 3.86. The quantitative estimate of drug-likeness (QED) is 0.388. The Labute approximate surface area is 131 Å². The molecule has 22 heavy (non-hydrogen) atoms. The minimum Gasteiger partial charge on any atom is -0.549 e. The van der Waals surface area contributed by atoms with Crippen molar-refractivity contribution < 1.29 is 32.8 Å². The molecule has 0 bridgehead atoms. The molecule has 130 valence electrons. The molecule has 0 rings (SSSR count). The van der Waals surface area contributed by atoms with Gasteiger partial charge in [0.25, 0.3) is 10.1 Å². The predicted octanol–water partition coefficient (Wildman–Crippen LogP) is -0.110. The van der Waals surface area contributed by atoms with E-state index in [-0.39, 0.29) is 12.8 Å². The summed E-state index contributed by atoms with van der Waals surface area (Å²) in [6, 6.07) is 0. The highest BCUT2D eigenvalue weighted by Crippen LogP contribution is 2.38. The fraction of sp³-hybridized carbons (Fsp3) is 0.857. The van der Waals surface area contributed by atoms with Gasteiger partial charge in [0, 0.05) is 11.4 Å². The Bertz CT molecular complexity index is 460. The normalized spacial score (nSPS) is 13.8. The number of carboxylic acid groups (broad SMARTS) is 2. The van der Waals surface area contributed by atoms with Crippen LogP contribution in [0.25, 0.3) is 0 Å². The molecule has 0 spiro atoms. The molecular formula is C14H24O7S-2. The van der Waals surface area contributed by atoms with Crippen LogP contribution in [-0.2, 0) is 19.7 Å². The first-order valence-corrected chi connectivity index (χ1v) is 9.02. The van der Waals surface area contributed by atoms with E-state index in [1.54, 1.807) is 0 Å². The second kappa shape index (κ2) is 9.09. The highest BCUT2D eigenvalue weighted by Gasteiger charge is 2.47. The molecule has 7 nitrogen and oxygen atoms in total. The van der Waals surface area contributed by atoms with E-state index in [2.05, 4.69) is 0 Å². The van der Waals surface area contributed by atoms with Gasteiger partial charge in [-0.25, -0.2) is 0 Å². The molecule has 0 aromatic carbocycles. The summed E-state index contributed by atoms with van der Waals surface area (Å²) in [5, 5.41) is 20.3. The maximum atomic E-state index is 11.6. The summed E-state index contributed by atoms with van der Waals surface area (Å²) in [7, 11) is -5.12. The number of carboxylic acids is 2. The molecule has 1 N–H and O–H groups in total. The van der Waals surface area contributed by atoms with Gasteiger partial charge in [0.05, 0.1) is 5.97 Å². The van der Waals surface area contributed by atoms with Crippen LogP contribution in [0.15, 0.2) is 0 Å². The molecule has 0 saturated heterocycles. The molecule has 0 heterocycles. The molecule has 0 aromatic rings. The van der Waals surface area contributed by atoms with Gasteiger partial charge in [-0.3, -0.25) is 4.55 Å². The van der Waals surface area contributed by atoms with E-state index < -0.39 is 32.7 Å². The number of unbranched alkanes of at least 4 members (excludes halogenated alkanes) is 4. The van der Waals surface area contributed by atoms with Gasteiger partial charge in [-0.2, -0.15) is 8.42 Å². The number of hydrogen-bond acceptors (Lipinski definition) is 6. The SMILES string of the molecule is CCCCCC(CCCCC)(C(=O)[O-])C(C(=O)[O-])S(=O)(=O)O. The summed E-state index contributed by atoms with van der Waals surface area (Å²) < 4.78 is 32.1. The third-order valence-corrected chi connectivity index (χ3v) is 5.11. The Kier molecular flexibility index (Phi) is 8.62. The standard InChI is InChI=1S/C14H26O7S/c1-3-5-7-9-14(13(17)18,10-8-6-4-2)11(12(15)16)22(19,20)21/h11H,3-10H2,1-2H3,(H,15,16)(H,17,18)(H,19,20,21)/p-2. The van der Waals surface area contributed by atoms with Gasteiger partial charge in [-0.15, -0.1) is 0 Å². The molecule has 1 atom stereocenters. The maximum Gasteiger partial charge on any atom is 0.274 e. The van der Waals surface area contributed by atoms with Crippen molar-refractivity contribution in [3.8, 4) is 0 Å². The number of carbonyl (C=O) groups is 2. The molecule has 0 radical (unpaired) electrons. The average Bonchev–Trinajstić information content (AvgIpc) is 2.36. The molecule has 0 aliphatic heterocycles. The van der Waals surface area contributed by atoms with Crippen molar-refractivity contribution in [3.05, 3.63) is 0 Å². The molecule has 0 aliphatic rings. The Morgan fingerprint density at radius 3 is 1.64 bits per heavy atom. The fourth-order valence-electron chi connectivity index (χ4n) is 2.71. The van der Waals surface area contributed by atoms with Gasteiger partial charge in [-0.05, 0) is 12.8 Å². The first kappa shape index (κ1) is 20.9. The smallest absolute Gasteiger partial charge is 0.274 e. The van der Waals surface area contributed by atoms with Gasteiger partial charge in [0.1, 0.15) is 5.25 Å². The zero-order chi connectivity index (χ0) is 17.4. The van der Waals surface area contributed by atoms with Crippen molar-refractivity contribution in [3.63, 3.8) is 0 Å². The van der Waals surface area contributed by atoms with Crippen LogP contribution in [0.1, 0.15) is 65.2 Å². The van der Waals surface area contributed by atoms with Crippen LogP contribution in [0.3, 0.4) is 0 Å². The van der Waals surface area contributed by atoms with Crippen LogP contribution < -0.4 is 10.2 Å². The van der Waals surface area contributed by atoms with Crippen molar-refractivity contribution in [2.24, 2.45) is 5.41 Å². The van der Waals surface area contributed by atoms with Gasteiger partial charge < -0.3 is 19.8 Å². The lowest BCUT2D eigenvalue weighted by Gasteiger charge is -2.40. The lowest BCUT2D eigenvalue weighted by molar-refractivity contribution is -0.328. The van der Waals surface area contributed by atoms with Crippen molar-refractivity contribution >= 4 is 22.1 Å². The molecule has 0 aromatic heterocycles. The van der Waals surface area contributed by atoms with Crippen LogP contribution >= 0.6 is 0 Å². The zero-order valence-corrected chi connectivity index (χ0v) is 13.9. The summed E-state index contributed by atoms with van der Waals surface area (Å²) in [6.45, 7) is 3.74. The molecule has 0 fully saturated rings.